The van der Waals surface area contributed by atoms with Crippen LogP contribution in [0.2, 0.25) is 0 Å². The zero-order valence-electron chi connectivity index (χ0n) is 11.2. The van der Waals surface area contributed by atoms with Crippen molar-refractivity contribution in [2.24, 2.45) is 0 Å². The lowest BCUT2D eigenvalue weighted by molar-refractivity contribution is -0.141. The summed E-state index contributed by atoms with van der Waals surface area (Å²) in [5.74, 6) is -0.954. The van der Waals surface area contributed by atoms with Crippen LogP contribution in [0.4, 0.5) is 5.69 Å². The minimum Gasteiger partial charge on any atom is -0.469 e. The summed E-state index contributed by atoms with van der Waals surface area (Å²) in [5, 5.41) is 7.18. The maximum Gasteiger partial charge on any atom is 0.306 e. The molecule has 2 aromatic rings. The Morgan fingerprint density at radius 1 is 1.14 bits per heavy atom. The summed E-state index contributed by atoms with van der Waals surface area (Å²) in [7, 11) is 1.23. The summed E-state index contributed by atoms with van der Waals surface area (Å²) in [5.41, 5.74) is -0.765. The van der Waals surface area contributed by atoms with E-state index in [4.69, 9.17) is 0 Å². The second-order valence-corrected chi connectivity index (χ2v) is 4.26. The zero-order valence-corrected chi connectivity index (χ0v) is 11.2. The van der Waals surface area contributed by atoms with Gasteiger partial charge in [-0.2, -0.15) is 0 Å². The molecule has 0 aliphatic heterocycles. The van der Waals surface area contributed by atoms with E-state index in [-0.39, 0.29) is 29.3 Å². The molecule has 2 rings (SSSR count). The molecule has 0 radical (unpaired) electrons. The number of hydrogen-bond donors (Lipinski definition) is 3. The molecule has 0 spiro atoms. The molecule has 0 unspecified atom stereocenters. The number of nitrogens with one attached hydrogen (secondary N) is 3. The lowest BCUT2D eigenvalue weighted by Gasteiger charge is -2.07. The first-order chi connectivity index (χ1) is 10.0. The van der Waals surface area contributed by atoms with E-state index in [0.717, 1.165) is 0 Å². The quantitative estimate of drug-likeness (QED) is 0.690. The van der Waals surface area contributed by atoms with E-state index >= 15 is 0 Å². The highest BCUT2D eigenvalue weighted by molar-refractivity contribution is 6.01. The van der Waals surface area contributed by atoms with Crippen molar-refractivity contribution in [1.82, 2.24) is 10.2 Å². The fraction of sp³-hybridized carbons (Fsp3) is 0.231. The van der Waals surface area contributed by atoms with Gasteiger partial charge < -0.3 is 10.1 Å². The first-order valence-electron chi connectivity index (χ1n) is 6.13. The first kappa shape index (κ1) is 14.5. The Labute approximate surface area is 118 Å². The number of carbonyl (C=O) groups excluding carboxylic acids is 2. The van der Waals surface area contributed by atoms with Gasteiger partial charge in [0.1, 0.15) is 0 Å². The molecule has 21 heavy (non-hydrogen) atoms. The molecule has 0 aliphatic rings. The number of amides is 1. The van der Waals surface area contributed by atoms with E-state index in [1.54, 1.807) is 6.07 Å². The Kier molecular flexibility index (Phi) is 4.17. The summed E-state index contributed by atoms with van der Waals surface area (Å²) >= 11 is 0. The fourth-order valence-electron chi connectivity index (χ4n) is 1.86. The van der Waals surface area contributed by atoms with Crippen LogP contribution >= 0.6 is 0 Å². The summed E-state index contributed by atoms with van der Waals surface area (Å²) in [6, 6.07) is 4.54. The molecule has 0 bridgehead atoms. The van der Waals surface area contributed by atoms with Gasteiger partial charge in [0, 0.05) is 6.42 Å². The predicted molar refractivity (Wildman–Crippen MR) is 75.1 cm³/mol. The van der Waals surface area contributed by atoms with Crippen LogP contribution in [-0.4, -0.2) is 29.2 Å². The van der Waals surface area contributed by atoms with Crippen LogP contribution in [-0.2, 0) is 14.3 Å². The molecule has 3 N–H and O–H groups in total. The van der Waals surface area contributed by atoms with Crippen molar-refractivity contribution >= 4 is 28.3 Å². The van der Waals surface area contributed by atoms with Crippen molar-refractivity contribution in [3.8, 4) is 0 Å². The number of hydrogen-bond acceptors (Lipinski definition) is 5. The van der Waals surface area contributed by atoms with Gasteiger partial charge in [-0.25, -0.2) is 0 Å². The number of esters is 1. The smallest absolute Gasteiger partial charge is 0.306 e. The first-order valence-corrected chi connectivity index (χ1v) is 6.13. The SMILES string of the molecule is COC(=O)CCC(=O)Nc1cccc2c(=O)[nH][nH]c(=O)c12. The third-order valence-electron chi connectivity index (χ3n) is 2.88. The normalized spacial score (nSPS) is 10.3. The minimum atomic E-state index is -0.520. The van der Waals surface area contributed by atoms with Crippen molar-refractivity contribution in [2.75, 3.05) is 12.4 Å². The van der Waals surface area contributed by atoms with E-state index in [1.165, 1.54) is 19.2 Å². The Morgan fingerprint density at radius 2 is 1.86 bits per heavy atom. The number of anilines is 1. The number of aromatic amines is 2. The number of methoxy groups -OCH3 is 1. The molecular weight excluding hydrogens is 278 g/mol. The van der Waals surface area contributed by atoms with Crippen LogP contribution in [0.5, 0.6) is 0 Å². The highest BCUT2D eigenvalue weighted by Gasteiger charge is 2.12. The molecule has 0 aliphatic carbocycles. The van der Waals surface area contributed by atoms with Crippen molar-refractivity contribution in [2.45, 2.75) is 12.8 Å². The summed E-state index contributed by atoms with van der Waals surface area (Å²) in [4.78, 5) is 46.2. The second-order valence-electron chi connectivity index (χ2n) is 4.26. The number of benzene rings is 1. The van der Waals surface area contributed by atoms with Gasteiger partial charge in [-0.3, -0.25) is 29.4 Å². The molecule has 1 amide bonds. The van der Waals surface area contributed by atoms with Gasteiger partial charge in [-0.1, -0.05) is 6.07 Å². The van der Waals surface area contributed by atoms with E-state index in [0.29, 0.717) is 0 Å². The van der Waals surface area contributed by atoms with Gasteiger partial charge in [0.15, 0.2) is 0 Å². The van der Waals surface area contributed by atoms with Gasteiger partial charge >= 0.3 is 5.97 Å². The number of rotatable bonds is 4. The van der Waals surface area contributed by atoms with Crippen molar-refractivity contribution in [3.63, 3.8) is 0 Å². The monoisotopic (exact) mass is 291 g/mol. The van der Waals surface area contributed by atoms with E-state index in [1.807, 2.05) is 0 Å². The van der Waals surface area contributed by atoms with E-state index in [9.17, 15) is 19.2 Å². The molecule has 0 atom stereocenters. The van der Waals surface area contributed by atoms with Gasteiger partial charge in [-0.05, 0) is 12.1 Å². The highest BCUT2D eigenvalue weighted by atomic mass is 16.5. The molecule has 1 aromatic heterocycles. The lowest BCUT2D eigenvalue weighted by Crippen LogP contribution is -2.21. The van der Waals surface area contributed by atoms with Crippen LogP contribution < -0.4 is 16.4 Å². The molecular formula is C13H13N3O5. The van der Waals surface area contributed by atoms with Crippen LogP contribution in [0.3, 0.4) is 0 Å². The number of fused-ring (bicyclic) bond motifs is 1. The minimum absolute atomic E-state index is 0.0654. The van der Waals surface area contributed by atoms with Gasteiger partial charge in [0.25, 0.3) is 11.1 Å². The number of aromatic nitrogens is 2. The van der Waals surface area contributed by atoms with Crippen LogP contribution in [0, 0.1) is 0 Å². The molecule has 110 valence electrons. The van der Waals surface area contributed by atoms with E-state index in [2.05, 4.69) is 20.3 Å². The summed E-state index contributed by atoms with van der Waals surface area (Å²) in [6.07, 6.45) is -0.145. The Hall–Kier alpha value is -2.90. The largest absolute Gasteiger partial charge is 0.469 e. The van der Waals surface area contributed by atoms with Gasteiger partial charge in [0.2, 0.25) is 5.91 Å². The molecule has 8 nitrogen and oxygen atoms in total. The Balaban J connectivity index is 2.29. The topological polar surface area (TPSA) is 121 Å². The molecule has 1 heterocycles. The average molecular weight is 291 g/mol. The zero-order chi connectivity index (χ0) is 15.4. The summed E-state index contributed by atoms with van der Waals surface area (Å²) in [6.45, 7) is 0. The third-order valence-corrected chi connectivity index (χ3v) is 2.88. The number of carbonyl (C=O) groups is 2. The lowest BCUT2D eigenvalue weighted by atomic mass is 10.1. The standard InChI is InChI=1S/C13H13N3O5/c1-21-10(18)6-5-9(17)14-8-4-2-3-7-11(8)13(20)16-15-12(7)19/h2-4H,5-6H2,1H3,(H,14,17)(H,15,19)(H,16,20). The van der Waals surface area contributed by atoms with Crippen molar-refractivity contribution < 1.29 is 14.3 Å². The van der Waals surface area contributed by atoms with Gasteiger partial charge in [-0.15, -0.1) is 0 Å². The van der Waals surface area contributed by atoms with E-state index < -0.39 is 23.0 Å². The Morgan fingerprint density at radius 3 is 2.57 bits per heavy atom. The summed E-state index contributed by atoms with van der Waals surface area (Å²) < 4.78 is 4.44. The second kappa shape index (κ2) is 6.04. The predicted octanol–water partition coefficient (Wildman–Crippen LogP) is 0.108. The van der Waals surface area contributed by atoms with Crippen molar-refractivity contribution in [1.29, 1.82) is 0 Å². The molecule has 8 heteroatoms. The van der Waals surface area contributed by atoms with Crippen molar-refractivity contribution in [3.05, 3.63) is 38.9 Å². The number of H-pyrrole nitrogens is 2. The number of ether oxygens (including phenoxy) is 1. The highest BCUT2D eigenvalue weighted by Crippen LogP contribution is 2.17. The molecule has 1 aromatic carbocycles. The van der Waals surface area contributed by atoms with Crippen LogP contribution in [0.25, 0.3) is 10.8 Å². The fourth-order valence-corrected chi connectivity index (χ4v) is 1.86. The molecule has 0 fully saturated rings. The molecule has 0 saturated heterocycles. The molecule has 0 saturated carbocycles. The van der Waals surface area contributed by atoms with Crippen LogP contribution in [0.1, 0.15) is 12.8 Å². The Bertz CT molecular complexity index is 805. The van der Waals surface area contributed by atoms with Gasteiger partial charge in [0.05, 0.1) is 30.0 Å². The maximum atomic E-state index is 11.8. The average Bonchev–Trinajstić information content (AvgIpc) is 2.48. The maximum absolute atomic E-state index is 11.8. The third kappa shape index (κ3) is 3.16. The van der Waals surface area contributed by atoms with Crippen LogP contribution in [0.15, 0.2) is 27.8 Å².